The minimum absolute atomic E-state index is 0.109. The SMILES string of the molecule is CC1C=CC=C2C=NC=C(CO)C21. The predicted octanol–water partition coefficient (Wildman–Crippen LogP) is 1.70. The lowest BCUT2D eigenvalue weighted by molar-refractivity contribution is 0.310. The van der Waals surface area contributed by atoms with E-state index < -0.39 is 0 Å². The van der Waals surface area contributed by atoms with E-state index in [2.05, 4.69) is 30.1 Å². The molecule has 1 aliphatic heterocycles. The van der Waals surface area contributed by atoms with Gasteiger partial charge >= 0.3 is 0 Å². The number of aliphatic hydroxyl groups is 1. The zero-order valence-corrected chi connectivity index (χ0v) is 7.64. The number of aliphatic imine (C=N–C) groups is 1. The number of nitrogens with zero attached hydrogens (tertiary/aromatic N) is 1. The van der Waals surface area contributed by atoms with E-state index in [9.17, 15) is 0 Å². The molecule has 1 heterocycles. The molecule has 0 aromatic carbocycles. The Balaban J connectivity index is 2.37. The molecule has 2 rings (SSSR count). The molecular weight excluding hydrogens is 162 g/mol. The van der Waals surface area contributed by atoms with Gasteiger partial charge in [0.25, 0.3) is 0 Å². The Hall–Kier alpha value is -1.15. The Morgan fingerprint density at radius 2 is 2.38 bits per heavy atom. The molecule has 0 fully saturated rings. The number of allylic oxidation sites excluding steroid dienone is 4. The second-order valence-electron chi connectivity index (χ2n) is 3.53. The van der Waals surface area contributed by atoms with Crippen LogP contribution in [0, 0.1) is 11.8 Å². The summed E-state index contributed by atoms with van der Waals surface area (Å²) in [7, 11) is 0. The molecule has 68 valence electrons. The second-order valence-corrected chi connectivity index (χ2v) is 3.53. The average molecular weight is 175 g/mol. The highest BCUT2D eigenvalue weighted by atomic mass is 16.3. The molecule has 0 aromatic heterocycles. The molecule has 0 amide bonds. The summed E-state index contributed by atoms with van der Waals surface area (Å²) in [5.41, 5.74) is 2.23. The zero-order valence-electron chi connectivity index (χ0n) is 7.64. The summed E-state index contributed by atoms with van der Waals surface area (Å²) in [5, 5.41) is 9.15. The van der Waals surface area contributed by atoms with Gasteiger partial charge in [-0.05, 0) is 17.1 Å². The smallest absolute Gasteiger partial charge is 0.0665 e. The molecule has 2 atom stereocenters. The summed E-state index contributed by atoms with van der Waals surface area (Å²) in [6.07, 6.45) is 9.94. The van der Waals surface area contributed by atoms with Gasteiger partial charge in [0.05, 0.1) is 6.61 Å². The lowest BCUT2D eigenvalue weighted by Crippen LogP contribution is -2.22. The Morgan fingerprint density at radius 1 is 1.54 bits per heavy atom. The van der Waals surface area contributed by atoms with E-state index in [0.717, 1.165) is 5.57 Å². The van der Waals surface area contributed by atoms with Crippen LogP contribution in [0.4, 0.5) is 0 Å². The topological polar surface area (TPSA) is 32.6 Å². The zero-order chi connectivity index (χ0) is 9.26. The molecule has 2 aliphatic rings. The number of aliphatic hydroxyl groups excluding tert-OH is 1. The van der Waals surface area contributed by atoms with Crippen molar-refractivity contribution in [2.24, 2.45) is 16.8 Å². The van der Waals surface area contributed by atoms with Crippen LogP contribution in [-0.2, 0) is 0 Å². The van der Waals surface area contributed by atoms with Crippen LogP contribution in [-0.4, -0.2) is 17.9 Å². The van der Waals surface area contributed by atoms with E-state index in [0.29, 0.717) is 11.8 Å². The Kier molecular flexibility index (Phi) is 2.15. The fraction of sp³-hybridized carbons (Fsp3) is 0.364. The van der Waals surface area contributed by atoms with Gasteiger partial charge in [-0.25, -0.2) is 0 Å². The van der Waals surface area contributed by atoms with Gasteiger partial charge in [-0.2, -0.15) is 0 Å². The molecule has 2 unspecified atom stereocenters. The van der Waals surface area contributed by atoms with E-state index >= 15 is 0 Å². The molecule has 2 heteroatoms. The van der Waals surface area contributed by atoms with Crippen molar-refractivity contribution < 1.29 is 5.11 Å². The van der Waals surface area contributed by atoms with Crippen LogP contribution in [0.5, 0.6) is 0 Å². The van der Waals surface area contributed by atoms with Gasteiger partial charge in [0, 0.05) is 18.3 Å². The van der Waals surface area contributed by atoms with Crippen molar-refractivity contribution in [2.45, 2.75) is 6.92 Å². The summed E-state index contributed by atoms with van der Waals surface area (Å²) in [4.78, 5) is 4.10. The van der Waals surface area contributed by atoms with Crippen molar-refractivity contribution in [1.82, 2.24) is 0 Å². The third-order valence-electron chi connectivity index (χ3n) is 2.63. The third-order valence-corrected chi connectivity index (χ3v) is 2.63. The maximum absolute atomic E-state index is 9.15. The average Bonchev–Trinajstić information content (AvgIpc) is 2.17. The Morgan fingerprint density at radius 3 is 3.15 bits per heavy atom. The molecule has 13 heavy (non-hydrogen) atoms. The third kappa shape index (κ3) is 1.38. The molecule has 0 radical (unpaired) electrons. The summed E-state index contributed by atoms with van der Waals surface area (Å²) >= 11 is 0. The van der Waals surface area contributed by atoms with Crippen LogP contribution >= 0.6 is 0 Å². The van der Waals surface area contributed by atoms with Crippen LogP contribution in [0.25, 0.3) is 0 Å². The van der Waals surface area contributed by atoms with Crippen molar-refractivity contribution in [3.63, 3.8) is 0 Å². The molecule has 0 aromatic rings. The standard InChI is InChI=1S/C11H13NO/c1-8-3-2-4-9-5-12-6-10(7-13)11(8)9/h2-6,8,11,13H,7H2,1H3. The first kappa shape index (κ1) is 8.45. The minimum atomic E-state index is 0.109. The lowest BCUT2D eigenvalue weighted by atomic mass is 9.78. The van der Waals surface area contributed by atoms with Crippen LogP contribution in [0.3, 0.4) is 0 Å². The fourth-order valence-electron chi connectivity index (χ4n) is 1.97. The lowest BCUT2D eigenvalue weighted by Gasteiger charge is -2.28. The van der Waals surface area contributed by atoms with Gasteiger partial charge in [0.15, 0.2) is 0 Å². The molecule has 0 saturated heterocycles. The summed E-state index contributed by atoms with van der Waals surface area (Å²) in [6, 6.07) is 0. The van der Waals surface area contributed by atoms with Crippen molar-refractivity contribution >= 4 is 6.21 Å². The first-order valence-corrected chi connectivity index (χ1v) is 4.54. The van der Waals surface area contributed by atoms with Gasteiger partial charge in [-0.3, -0.25) is 4.99 Å². The highest BCUT2D eigenvalue weighted by Crippen LogP contribution is 2.33. The monoisotopic (exact) mass is 175 g/mol. The maximum Gasteiger partial charge on any atom is 0.0665 e. The predicted molar refractivity (Wildman–Crippen MR) is 53.5 cm³/mol. The minimum Gasteiger partial charge on any atom is -0.392 e. The maximum atomic E-state index is 9.15. The summed E-state index contributed by atoms with van der Waals surface area (Å²) in [6.45, 7) is 2.27. The number of fused-ring (bicyclic) bond motifs is 1. The first-order valence-electron chi connectivity index (χ1n) is 4.54. The first-order chi connectivity index (χ1) is 6.33. The van der Waals surface area contributed by atoms with Crippen molar-refractivity contribution in [1.29, 1.82) is 0 Å². The fourth-order valence-corrected chi connectivity index (χ4v) is 1.97. The molecule has 0 spiro atoms. The number of hydrogen-bond acceptors (Lipinski definition) is 2. The Labute approximate surface area is 78.0 Å². The van der Waals surface area contributed by atoms with Gasteiger partial charge in [0.1, 0.15) is 0 Å². The highest BCUT2D eigenvalue weighted by molar-refractivity contribution is 5.83. The summed E-state index contributed by atoms with van der Waals surface area (Å²) < 4.78 is 0. The second kappa shape index (κ2) is 3.30. The molecule has 2 nitrogen and oxygen atoms in total. The van der Waals surface area contributed by atoms with Crippen molar-refractivity contribution in [2.75, 3.05) is 6.61 Å². The quantitative estimate of drug-likeness (QED) is 0.646. The van der Waals surface area contributed by atoms with Crippen LogP contribution in [0.15, 0.2) is 40.6 Å². The van der Waals surface area contributed by atoms with Gasteiger partial charge in [0.2, 0.25) is 0 Å². The molecule has 1 N–H and O–H groups in total. The van der Waals surface area contributed by atoms with E-state index in [1.807, 2.05) is 6.21 Å². The van der Waals surface area contributed by atoms with Crippen LogP contribution < -0.4 is 0 Å². The van der Waals surface area contributed by atoms with Crippen LogP contribution in [0.2, 0.25) is 0 Å². The van der Waals surface area contributed by atoms with E-state index in [1.54, 1.807) is 6.20 Å². The molecule has 0 bridgehead atoms. The molecule has 0 saturated carbocycles. The van der Waals surface area contributed by atoms with Crippen LogP contribution in [0.1, 0.15) is 6.92 Å². The Bertz CT molecular complexity index is 323. The number of rotatable bonds is 1. The largest absolute Gasteiger partial charge is 0.392 e. The highest BCUT2D eigenvalue weighted by Gasteiger charge is 2.25. The van der Waals surface area contributed by atoms with Gasteiger partial charge < -0.3 is 5.11 Å². The van der Waals surface area contributed by atoms with Crippen molar-refractivity contribution in [3.05, 3.63) is 35.6 Å². The van der Waals surface area contributed by atoms with E-state index in [4.69, 9.17) is 5.11 Å². The molecular formula is C11H13NO. The number of hydrogen-bond donors (Lipinski definition) is 1. The van der Waals surface area contributed by atoms with Gasteiger partial charge in [-0.1, -0.05) is 25.2 Å². The van der Waals surface area contributed by atoms with Crippen molar-refractivity contribution in [3.8, 4) is 0 Å². The van der Waals surface area contributed by atoms with E-state index in [-0.39, 0.29) is 6.61 Å². The molecule has 1 aliphatic carbocycles. The van der Waals surface area contributed by atoms with E-state index in [1.165, 1.54) is 5.57 Å². The van der Waals surface area contributed by atoms with Gasteiger partial charge in [-0.15, -0.1) is 0 Å². The summed E-state index contributed by atoms with van der Waals surface area (Å²) in [5.74, 6) is 0.803. The normalized spacial score (nSPS) is 30.9.